The van der Waals surface area contributed by atoms with Gasteiger partial charge in [-0.3, -0.25) is 0 Å². The summed E-state index contributed by atoms with van der Waals surface area (Å²) in [5.41, 5.74) is -0.473. The average Bonchev–Trinajstić information content (AvgIpc) is 2.22. The number of carbonyl (C=O) groups excluding carboxylic acids is 1. The second kappa shape index (κ2) is 5.76. The van der Waals surface area contributed by atoms with Gasteiger partial charge in [0.1, 0.15) is 5.60 Å². The molecule has 22 heavy (non-hydrogen) atoms. The zero-order chi connectivity index (χ0) is 16.7. The van der Waals surface area contributed by atoms with Crippen LogP contribution < -0.4 is 0 Å². The van der Waals surface area contributed by atoms with Crippen LogP contribution in [0.3, 0.4) is 0 Å². The maximum Gasteiger partial charge on any atom is 0.417 e. The van der Waals surface area contributed by atoms with E-state index in [2.05, 4.69) is 15.9 Å². The molecule has 1 aliphatic rings. The van der Waals surface area contributed by atoms with Gasteiger partial charge in [0.05, 0.1) is 5.56 Å². The molecule has 7 heteroatoms. The van der Waals surface area contributed by atoms with E-state index in [0.717, 1.165) is 11.6 Å². The molecule has 3 nitrogen and oxygen atoms in total. The van der Waals surface area contributed by atoms with Crippen LogP contribution in [0, 0.1) is 0 Å². The molecule has 0 atom stereocenters. The van der Waals surface area contributed by atoms with Crippen LogP contribution in [-0.2, 0) is 10.9 Å². The minimum atomic E-state index is -4.38. The van der Waals surface area contributed by atoms with Gasteiger partial charge in [-0.15, -0.1) is 0 Å². The van der Waals surface area contributed by atoms with Crippen molar-refractivity contribution in [1.29, 1.82) is 0 Å². The minimum Gasteiger partial charge on any atom is -0.444 e. The summed E-state index contributed by atoms with van der Waals surface area (Å²) in [5, 5.41) is 0. The number of amides is 1. The number of nitrogens with zero attached hydrogens (tertiary/aromatic N) is 1. The van der Waals surface area contributed by atoms with E-state index in [4.69, 9.17) is 4.74 Å². The van der Waals surface area contributed by atoms with Crippen molar-refractivity contribution in [3.63, 3.8) is 0 Å². The van der Waals surface area contributed by atoms with Crippen molar-refractivity contribution < 1.29 is 22.7 Å². The average molecular weight is 380 g/mol. The number of ether oxygens (including phenoxy) is 1. The van der Waals surface area contributed by atoms with E-state index in [1.54, 1.807) is 25.7 Å². The predicted octanol–water partition coefficient (Wildman–Crippen LogP) is 4.80. The Morgan fingerprint density at radius 2 is 1.86 bits per heavy atom. The lowest BCUT2D eigenvalue weighted by Crippen LogP contribution is -2.50. The van der Waals surface area contributed by atoms with Gasteiger partial charge in [-0.25, -0.2) is 4.79 Å². The fraction of sp³-hybridized carbons (Fsp3) is 0.533. The third-order valence-electron chi connectivity index (χ3n) is 3.30. The molecule has 1 aromatic rings. The van der Waals surface area contributed by atoms with Crippen LogP contribution in [0.15, 0.2) is 22.7 Å². The summed E-state index contributed by atoms with van der Waals surface area (Å²) in [6.45, 7) is 6.26. The Bertz CT molecular complexity index is 575. The Kier molecular flexibility index (Phi) is 4.48. The number of halogens is 4. The third-order valence-corrected chi connectivity index (χ3v) is 3.96. The molecule has 0 aliphatic carbocycles. The lowest BCUT2D eigenvalue weighted by atomic mass is 9.91. The van der Waals surface area contributed by atoms with Crippen molar-refractivity contribution in [2.75, 3.05) is 13.1 Å². The zero-order valence-electron chi connectivity index (χ0n) is 12.5. The Balaban J connectivity index is 1.99. The molecule has 1 saturated heterocycles. The normalized spacial score (nSPS) is 16.4. The Morgan fingerprint density at radius 3 is 2.32 bits per heavy atom. The summed E-state index contributed by atoms with van der Waals surface area (Å²) >= 11 is 2.96. The van der Waals surface area contributed by atoms with Crippen molar-refractivity contribution in [2.24, 2.45) is 0 Å². The molecular weight excluding hydrogens is 363 g/mol. The van der Waals surface area contributed by atoms with Crippen LogP contribution in [-0.4, -0.2) is 29.7 Å². The van der Waals surface area contributed by atoms with E-state index in [1.807, 2.05) is 0 Å². The quantitative estimate of drug-likeness (QED) is 0.701. The SMILES string of the molecule is CC(C)(C)OC(=O)N1CC(c2ccc(C(F)(F)F)c(Br)c2)C1. The number of hydrogen-bond acceptors (Lipinski definition) is 2. The summed E-state index contributed by atoms with van der Waals surface area (Å²) < 4.78 is 43.4. The first-order chi connectivity index (χ1) is 9.97. The molecule has 2 rings (SSSR count). The first-order valence-electron chi connectivity index (χ1n) is 6.82. The summed E-state index contributed by atoms with van der Waals surface area (Å²) in [7, 11) is 0. The fourth-order valence-corrected chi connectivity index (χ4v) is 2.80. The van der Waals surface area contributed by atoms with Crippen molar-refractivity contribution in [3.8, 4) is 0 Å². The van der Waals surface area contributed by atoms with Crippen LogP contribution in [0.25, 0.3) is 0 Å². The van der Waals surface area contributed by atoms with Gasteiger partial charge < -0.3 is 9.64 Å². The monoisotopic (exact) mass is 379 g/mol. The van der Waals surface area contributed by atoms with Crippen molar-refractivity contribution in [3.05, 3.63) is 33.8 Å². The number of carbonyl (C=O) groups is 1. The van der Waals surface area contributed by atoms with Crippen LogP contribution in [0.4, 0.5) is 18.0 Å². The highest BCUT2D eigenvalue weighted by atomic mass is 79.9. The van der Waals surface area contributed by atoms with Crippen molar-refractivity contribution in [1.82, 2.24) is 4.90 Å². The third kappa shape index (κ3) is 3.94. The van der Waals surface area contributed by atoms with Gasteiger partial charge in [-0.05, 0) is 38.5 Å². The molecule has 1 heterocycles. The molecule has 0 radical (unpaired) electrons. The van der Waals surface area contributed by atoms with Crippen LogP contribution in [0.1, 0.15) is 37.8 Å². The minimum absolute atomic E-state index is 0.0215. The molecule has 1 amide bonds. The van der Waals surface area contributed by atoms with Gasteiger partial charge in [0.2, 0.25) is 0 Å². The van der Waals surface area contributed by atoms with E-state index in [0.29, 0.717) is 13.1 Å². The standard InChI is InChI=1S/C15H17BrF3NO2/c1-14(2,3)22-13(21)20-7-10(8-20)9-4-5-11(12(16)6-9)15(17,18)19/h4-6,10H,7-8H2,1-3H3. The van der Waals surface area contributed by atoms with E-state index in [1.165, 1.54) is 12.1 Å². The molecule has 1 aliphatic heterocycles. The lowest BCUT2D eigenvalue weighted by molar-refractivity contribution is -0.138. The molecule has 1 fully saturated rings. The van der Waals surface area contributed by atoms with Gasteiger partial charge in [0, 0.05) is 23.5 Å². The maximum absolute atomic E-state index is 12.7. The molecule has 122 valence electrons. The first-order valence-corrected chi connectivity index (χ1v) is 7.61. The number of likely N-dealkylation sites (tertiary alicyclic amines) is 1. The second-order valence-corrected chi connectivity index (χ2v) is 7.17. The Hall–Kier alpha value is -1.24. The maximum atomic E-state index is 12.7. The zero-order valence-corrected chi connectivity index (χ0v) is 14.1. The highest BCUT2D eigenvalue weighted by Crippen LogP contribution is 2.37. The first kappa shape index (κ1) is 17.1. The molecule has 0 aromatic heterocycles. The lowest BCUT2D eigenvalue weighted by Gasteiger charge is -2.40. The molecule has 0 unspecified atom stereocenters. The van der Waals surface area contributed by atoms with Crippen LogP contribution in [0.5, 0.6) is 0 Å². The van der Waals surface area contributed by atoms with Crippen LogP contribution in [0.2, 0.25) is 0 Å². The highest BCUT2D eigenvalue weighted by Gasteiger charge is 2.36. The predicted molar refractivity (Wildman–Crippen MR) is 79.7 cm³/mol. The Labute approximate surface area is 135 Å². The second-order valence-electron chi connectivity index (χ2n) is 6.32. The summed E-state index contributed by atoms with van der Waals surface area (Å²) in [5.74, 6) is 0.0334. The molecule has 0 saturated carbocycles. The van der Waals surface area contributed by atoms with Crippen molar-refractivity contribution >= 4 is 22.0 Å². The van der Waals surface area contributed by atoms with E-state index in [-0.39, 0.29) is 10.4 Å². The number of alkyl halides is 3. The summed E-state index contributed by atoms with van der Waals surface area (Å²) in [6, 6.07) is 4.00. The van der Waals surface area contributed by atoms with Gasteiger partial charge in [-0.2, -0.15) is 13.2 Å². The highest BCUT2D eigenvalue weighted by molar-refractivity contribution is 9.10. The number of hydrogen-bond donors (Lipinski definition) is 0. The number of rotatable bonds is 1. The molecule has 0 bridgehead atoms. The van der Waals surface area contributed by atoms with Crippen molar-refractivity contribution in [2.45, 2.75) is 38.5 Å². The van der Waals surface area contributed by atoms with Gasteiger partial charge in [0.15, 0.2) is 0 Å². The van der Waals surface area contributed by atoms with Gasteiger partial charge in [0.25, 0.3) is 0 Å². The van der Waals surface area contributed by atoms with E-state index >= 15 is 0 Å². The topological polar surface area (TPSA) is 29.5 Å². The number of benzene rings is 1. The smallest absolute Gasteiger partial charge is 0.417 e. The van der Waals surface area contributed by atoms with E-state index < -0.39 is 23.4 Å². The molecule has 0 spiro atoms. The Morgan fingerprint density at radius 1 is 1.27 bits per heavy atom. The van der Waals surface area contributed by atoms with E-state index in [9.17, 15) is 18.0 Å². The largest absolute Gasteiger partial charge is 0.444 e. The molecular formula is C15H17BrF3NO2. The summed E-state index contributed by atoms with van der Waals surface area (Å²) in [4.78, 5) is 13.4. The molecule has 1 aromatic carbocycles. The molecule has 0 N–H and O–H groups in total. The fourth-order valence-electron chi connectivity index (χ4n) is 2.18. The van der Waals surface area contributed by atoms with Gasteiger partial charge in [-0.1, -0.05) is 22.0 Å². The van der Waals surface area contributed by atoms with Gasteiger partial charge >= 0.3 is 12.3 Å². The summed E-state index contributed by atoms with van der Waals surface area (Å²) in [6.07, 6.45) is -4.77. The van der Waals surface area contributed by atoms with Crippen LogP contribution >= 0.6 is 15.9 Å².